The predicted octanol–water partition coefficient (Wildman–Crippen LogP) is 0.755. The van der Waals surface area contributed by atoms with Crippen LogP contribution in [0, 0.1) is 3.70 Å². The molecular formula is C16H17IN4O7. The van der Waals surface area contributed by atoms with Gasteiger partial charge in [-0.25, -0.2) is 15.0 Å². The highest BCUT2D eigenvalue weighted by Gasteiger charge is 2.51. The molecule has 12 heteroatoms. The molecule has 0 bridgehead atoms. The molecule has 2 aromatic heterocycles. The van der Waals surface area contributed by atoms with Gasteiger partial charge in [0.1, 0.15) is 28.3 Å². The van der Waals surface area contributed by atoms with E-state index in [0.29, 0.717) is 14.9 Å². The van der Waals surface area contributed by atoms with Crippen molar-refractivity contribution >= 4 is 51.7 Å². The van der Waals surface area contributed by atoms with Crippen molar-refractivity contribution in [1.82, 2.24) is 19.5 Å². The van der Waals surface area contributed by atoms with Gasteiger partial charge in [0.25, 0.3) is 0 Å². The predicted molar refractivity (Wildman–Crippen MR) is 99.7 cm³/mol. The van der Waals surface area contributed by atoms with E-state index in [1.165, 1.54) is 33.4 Å². The lowest BCUT2D eigenvalue weighted by Gasteiger charge is -2.23. The number of hydrogen-bond donors (Lipinski definition) is 0. The Balaban J connectivity index is 2.01. The quantitative estimate of drug-likeness (QED) is 0.249. The van der Waals surface area contributed by atoms with Crippen molar-refractivity contribution in [3.8, 4) is 0 Å². The molecule has 1 aliphatic rings. The molecule has 0 spiro atoms. The van der Waals surface area contributed by atoms with Gasteiger partial charge >= 0.3 is 17.9 Å². The molecule has 0 saturated carbocycles. The monoisotopic (exact) mass is 504 g/mol. The van der Waals surface area contributed by atoms with Gasteiger partial charge in [-0.15, -0.1) is 0 Å². The minimum absolute atomic E-state index is 0.180. The van der Waals surface area contributed by atoms with Crippen molar-refractivity contribution in [2.45, 2.75) is 45.3 Å². The van der Waals surface area contributed by atoms with E-state index in [4.69, 9.17) is 18.9 Å². The maximum Gasteiger partial charge on any atom is 0.303 e. The van der Waals surface area contributed by atoms with Gasteiger partial charge in [0, 0.05) is 20.8 Å². The summed E-state index contributed by atoms with van der Waals surface area (Å²) in [6.07, 6.45) is -0.874. The molecule has 0 aliphatic carbocycles. The topological polar surface area (TPSA) is 132 Å². The lowest BCUT2D eigenvalue weighted by molar-refractivity contribution is -0.166. The first-order valence-electron chi connectivity index (χ1n) is 8.24. The SMILES string of the molecule is CC(=O)OC[C@H]1O[C@@H](n2cnc3c(I)ncnc32)[C@H](OC(C)=O)[C@@H]1OC(C)=O. The van der Waals surface area contributed by atoms with E-state index in [2.05, 4.69) is 15.0 Å². The molecule has 3 rings (SSSR count). The van der Waals surface area contributed by atoms with Crippen LogP contribution in [0.4, 0.5) is 0 Å². The van der Waals surface area contributed by atoms with Gasteiger partial charge in [0.2, 0.25) is 0 Å². The number of carbonyl (C=O) groups excluding carboxylic acids is 3. The number of rotatable bonds is 5. The minimum Gasteiger partial charge on any atom is -0.463 e. The normalized spacial score (nSPS) is 24.1. The van der Waals surface area contributed by atoms with Gasteiger partial charge in [-0.3, -0.25) is 19.0 Å². The lowest BCUT2D eigenvalue weighted by Crippen LogP contribution is -2.40. The van der Waals surface area contributed by atoms with Crippen LogP contribution in [0.2, 0.25) is 0 Å². The molecule has 11 nitrogen and oxygen atoms in total. The Hall–Kier alpha value is -2.35. The van der Waals surface area contributed by atoms with Gasteiger partial charge in [0.05, 0.1) is 6.33 Å². The fourth-order valence-electron chi connectivity index (χ4n) is 2.93. The summed E-state index contributed by atoms with van der Waals surface area (Å²) >= 11 is 2.02. The number of halogens is 1. The summed E-state index contributed by atoms with van der Waals surface area (Å²) in [7, 11) is 0. The van der Waals surface area contributed by atoms with Crippen LogP contribution in [0.25, 0.3) is 11.2 Å². The molecule has 0 unspecified atom stereocenters. The van der Waals surface area contributed by atoms with Crippen LogP contribution in [0.1, 0.15) is 27.0 Å². The maximum absolute atomic E-state index is 11.7. The first-order valence-corrected chi connectivity index (χ1v) is 9.32. The Morgan fingerprint density at radius 2 is 1.75 bits per heavy atom. The van der Waals surface area contributed by atoms with Crippen LogP contribution in [0.5, 0.6) is 0 Å². The van der Waals surface area contributed by atoms with Crippen LogP contribution in [0.3, 0.4) is 0 Å². The zero-order valence-electron chi connectivity index (χ0n) is 15.2. The lowest BCUT2D eigenvalue weighted by atomic mass is 10.1. The van der Waals surface area contributed by atoms with E-state index in [1.807, 2.05) is 22.6 Å². The summed E-state index contributed by atoms with van der Waals surface area (Å²) < 4.78 is 23.9. The van der Waals surface area contributed by atoms with Crippen molar-refractivity contribution < 1.29 is 33.3 Å². The second-order valence-electron chi connectivity index (χ2n) is 6.00. The van der Waals surface area contributed by atoms with Crippen molar-refractivity contribution in [3.05, 3.63) is 16.4 Å². The molecule has 150 valence electrons. The van der Waals surface area contributed by atoms with Crippen molar-refractivity contribution in [3.63, 3.8) is 0 Å². The number of ether oxygens (including phenoxy) is 4. The Morgan fingerprint density at radius 3 is 2.39 bits per heavy atom. The van der Waals surface area contributed by atoms with E-state index < -0.39 is 42.4 Å². The number of nitrogens with zero attached hydrogens (tertiary/aromatic N) is 4. The molecular weight excluding hydrogens is 487 g/mol. The maximum atomic E-state index is 11.7. The smallest absolute Gasteiger partial charge is 0.303 e. The summed E-state index contributed by atoms with van der Waals surface area (Å²) in [5.41, 5.74) is 0.997. The molecule has 1 saturated heterocycles. The highest BCUT2D eigenvalue weighted by atomic mass is 127. The Labute approximate surface area is 172 Å². The zero-order chi connectivity index (χ0) is 20.4. The van der Waals surface area contributed by atoms with Crippen LogP contribution >= 0.6 is 22.6 Å². The van der Waals surface area contributed by atoms with E-state index in [-0.39, 0.29) is 6.61 Å². The van der Waals surface area contributed by atoms with Crippen molar-refractivity contribution in [2.75, 3.05) is 6.61 Å². The van der Waals surface area contributed by atoms with Gasteiger partial charge in [-0.1, -0.05) is 0 Å². The number of esters is 3. The summed E-state index contributed by atoms with van der Waals surface area (Å²) in [6.45, 7) is 3.53. The molecule has 1 aliphatic heterocycles. The van der Waals surface area contributed by atoms with Crippen LogP contribution < -0.4 is 0 Å². The van der Waals surface area contributed by atoms with E-state index >= 15 is 0 Å². The molecule has 0 N–H and O–H groups in total. The van der Waals surface area contributed by atoms with Gasteiger partial charge < -0.3 is 18.9 Å². The molecule has 1 fully saturated rings. The third kappa shape index (κ3) is 4.22. The Morgan fingerprint density at radius 1 is 1.07 bits per heavy atom. The van der Waals surface area contributed by atoms with Gasteiger partial charge in [-0.05, 0) is 22.6 Å². The first kappa shape index (κ1) is 20.4. The van der Waals surface area contributed by atoms with Crippen LogP contribution in [0.15, 0.2) is 12.7 Å². The molecule has 0 amide bonds. The molecule has 4 atom stereocenters. The average Bonchev–Trinajstić information content (AvgIpc) is 3.16. The largest absolute Gasteiger partial charge is 0.463 e. The van der Waals surface area contributed by atoms with Crippen molar-refractivity contribution in [2.24, 2.45) is 0 Å². The summed E-state index contributed by atoms with van der Waals surface area (Å²) in [6, 6.07) is 0. The Kier molecular flexibility index (Phi) is 6.07. The Bertz CT molecular complexity index is 918. The van der Waals surface area contributed by atoms with E-state index in [0.717, 1.165) is 0 Å². The molecule has 2 aromatic rings. The second-order valence-corrected chi connectivity index (χ2v) is 7.03. The van der Waals surface area contributed by atoms with Gasteiger partial charge in [0.15, 0.2) is 24.1 Å². The van der Waals surface area contributed by atoms with Crippen LogP contribution in [-0.2, 0) is 33.3 Å². The van der Waals surface area contributed by atoms with Crippen molar-refractivity contribution in [1.29, 1.82) is 0 Å². The molecule has 3 heterocycles. The number of imidazole rings is 1. The number of carbonyl (C=O) groups is 3. The van der Waals surface area contributed by atoms with E-state index in [1.54, 1.807) is 4.57 Å². The first-order chi connectivity index (χ1) is 13.3. The van der Waals surface area contributed by atoms with Crippen LogP contribution in [-0.4, -0.2) is 62.3 Å². The third-order valence-corrected chi connectivity index (χ3v) is 4.72. The summed E-state index contributed by atoms with van der Waals surface area (Å²) in [4.78, 5) is 47.1. The third-order valence-electron chi connectivity index (χ3n) is 3.93. The summed E-state index contributed by atoms with van der Waals surface area (Å²) in [5.74, 6) is -1.70. The number of hydrogen-bond acceptors (Lipinski definition) is 10. The molecule has 0 aromatic carbocycles. The second kappa shape index (κ2) is 8.34. The highest BCUT2D eigenvalue weighted by Crippen LogP contribution is 2.36. The average molecular weight is 504 g/mol. The fraction of sp³-hybridized carbons (Fsp3) is 0.500. The summed E-state index contributed by atoms with van der Waals surface area (Å²) in [5, 5.41) is 0. The van der Waals surface area contributed by atoms with E-state index in [9.17, 15) is 14.4 Å². The zero-order valence-corrected chi connectivity index (χ0v) is 17.4. The van der Waals surface area contributed by atoms with Gasteiger partial charge in [-0.2, -0.15) is 0 Å². The highest BCUT2D eigenvalue weighted by molar-refractivity contribution is 14.1. The molecule has 28 heavy (non-hydrogen) atoms. The number of fused-ring (bicyclic) bond motifs is 1. The standard InChI is InChI=1S/C16H17IN4O7/c1-7(22)25-4-10-12(26-8(2)23)13(27-9(3)24)16(28-10)21-6-20-11-14(17)18-5-19-15(11)21/h5-6,10,12-13,16H,4H2,1-3H3/t10-,12-,13-,16-/m1/s1. The fourth-order valence-corrected chi connectivity index (χ4v) is 3.43. The minimum atomic E-state index is -0.994. The number of aromatic nitrogens is 4. The molecule has 0 radical (unpaired) electrons.